The summed E-state index contributed by atoms with van der Waals surface area (Å²) in [6.45, 7) is 7.16. The van der Waals surface area contributed by atoms with E-state index >= 15 is 0 Å². The molecule has 1 N–H and O–H groups in total. The molecule has 0 radical (unpaired) electrons. The van der Waals surface area contributed by atoms with E-state index in [1.54, 1.807) is 25.9 Å². The number of fused-ring (bicyclic) bond motifs is 1. The van der Waals surface area contributed by atoms with Gasteiger partial charge in [0.1, 0.15) is 11.9 Å². The Morgan fingerprint density at radius 2 is 2.12 bits per heavy atom. The van der Waals surface area contributed by atoms with Crippen LogP contribution >= 0.6 is 12.4 Å². The molecule has 2 amide bonds. The van der Waals surface area contributed by atoms with Gasteiger partial charge in [-0.05, 0) is 50.8 Å². The van der Waals surface area contributed by atoms with Crippen LogP contribution in [0, 0.1) is 0 Å². The number of anilines is 1. The summed E-state index contributed by atoms with van der Waals surface area (Å²) in [6.07, 6.45) is 2.39. The SMILES string of the molecule is COCCCN1C(=O)C(C)(C)Oc2cc(CN(C(=O)[C@H]3CNCCO3)C3CC3)ccc21.Cl. The molecule has 1 saturated heterocycles. The first-order valence-corrected chi connectivity index (χ1v) is 11.2. The average Bonchev–Trinajstić information content (AvgIpc) is 3.60. The van der Waals surface area contributed by atoms with Crippen molar-refractivity contribution in [3.63, 3.8) is 0 Å². The van der Waals surface area contributed by atoms with E-state index in [2.05, 4.69) is 5.32 Å². The van der Waals surface area contributed by atoms with Gasteiger partial charge in [0.05, 0.1) is 12.3 Å². The van der Waals surface area contributed by atoms with Crippen LogP contribution in [0.4, 0.5) is 5.69 Å². The fraction of sp³-hybridized carbons (Fsp3) is 0.652. The smallest absolute Gasteiger partial charge is 0.270 e. The minimum absolute atomic E-state index is 0. The molecule has 0 spiro atoms. The molecule has 1 aliphatic carbocycles. The second-order valence-corrected chi connectivity index (χ2v) is 8.98. The summed E-state index contributed by atoms with van der Waals surface area (Å²) in [5.41, 5.74) is 0.824. The number of ether oxygens (including phenoxy) is 3. The van der Waals surface area contributed by atoms with Gasteiger partial charge in [-0.1, -0.05) is 6.07 Å². The van der Waals surface area contributed by atoms with Gasteiger partial charge in [-0.3, -0.25) is 9.59 Å². The first kappa shape index (κ1) is 24.8. The van der Waals surface area contributed by atoms with E-state index in [0.29, 0.717) is 38.6 Å². The second-order valence-electron chi connectivity index (χ2n) is 8.98. The molecule has 178 valence electrons. The third kappa shape index (κ3) is 5.36. The zero-order chi connectivity index (χ0) is 22.0. The molecule has 1 aromatic rings. The van der Waals surface area contributed by atoms with Crippen LogP contribution in [-0.4, -0.2) is 74.4 Å². The molecule has 3 aliphatic rings. The highest BCUT2D eigenvalue weighted by Gasteiger charge is 2.41. The Morgan fingerprint density at radius 3 is 2.78 bits per heavy atom. The van der Waals surface area contributed by atoms with Crippen LogP contribution in [0.5, 0.6) is 5.75 Å². The van der Waals surface area contributed by atoms with Crippen molar-refractivity contribution in [1.29, 1.82) is 0 Å². The molecule has 1 aromatic carbocycles. The third-order valence-electron chi connectivity index (χ3n) is 6.00. The van der Waals surface area contributed by atoms with Crippen LogP contribution in [0.2, 0.25) is 0 Å². The molecule has 9 heteroatoms. The number of hydrogen-bond donors (Lipinski definition) is 1. The Kier molecular flexibility index (Phi) is 8.03. The number of rotatable bonds is 8. The standard InChI is InChI=1S/C23H33N3O5.ClH/c1-23(2)22(28)25(10-4-11-29-3)18-8-5-16(13-19(18)31-23)15-26(17-6-7-17)21(27)20-14-24-9-12-30-20;/h5,8,13,17,20,24H,4,6-7,9-12,14-15H2,1-3H3;1H/t20-;/m1./s1. The van der Waals surface area contributed by atoms with E-state index < -0.39 is 11.7 Å². The zero-order valence-electron chi connectivity index (χ0n) is 19.1. The normalized spacial score (nSPS) is 21.9. The number of methoxy groups -OCH3 is 1. The number of carbonyl (C=O) groups is 2. The Balaban J connectivity index is 0.00000289. The largest absolute Gasteiger partial charge is 0.476 e. The van der Waals surface area contributed by atoms with E-state index in [-0.39, 0.29) is 30.3 Å². The molecule has 0 aromatic heterocycles. The van der Waals surface area contributed by atoms with Crippen LogP contribution < -0.4 is 15.0 Å². The molecule has 32 heavy (non-hydrogen) atoms. The number of nitrogens with zero attached hydrogens (tertiary/aromatic N) is 2. The summed E-state index contributed by atoms with van der Waals surface area (Å²) in [6, 6.07) is 6.16. The van der Waals surface area contributed by atoms with E-state index in [1.165, 1.54) is 0 Å². The van der Waals surface area contributed by atoms with Crippen molar-refractivity contribution in [2.24, 2.45) is 0 Å². The Morgan fingerprint density at radius 1 is 1.34 bits per heavy atom. The lowest BCUT2D eigenvalue weighted by atomic mass is 10.0. The van der Waals surface area contributed by atoms with E-state index in [9.17, 15) is 9.59 Å². The predicted octanol–water partition coefficient (Wildman–Crippen LogP) is 2.13. The van der Waals surface area contributed by atoms with Crippen LogP contribution in [0.25, 0.3) is 0 Å². The van der Waals surface area contributed by atoms with Gasteiger partial charge in [0.2, 0.25) is 0 Å². The van der Waals surface area contributed by atoms with Crippen molar-refractivity contribution < 1.29 is 23.8 Å². The van der Waals surface area contributed by atoms with Crippen LogP contribution in [0.3, 0.4) is 0 Å². The minimum atomic E-state index is -0.938. The molecule has 2 fully saturated rings. The van der Waals surface area contributed by atoms with Crippen molar-refractivity contribution >= 4 is 29.9 Å². The van der Waals surface area contributed by atoms with E-state index in [1.807, 2.05) is 23.1 Å². The first-order chi connectivity index (χ1) is 14.9. The summed E-state index contributed by atoms with van der Waals surface area (Å²) in [4.78, 5) is 29.7. The van der Waals surface area contributed by atoms with Gasteiger partial charge < -0.3 is 29.3 Å². The van der Waals surface area contributed by atoms with Gasteiger partial charge in [0, 0.05) is 45.9 Å². The van der Waals surface area contributed by atoms with Crippen molar-refractivity contribution in [3.05, 3.63) is 23.8 Å². The van der Waals surface area contributed by atoms with Gasteiger partial charge in [0.25, 0.3) is 11.8 Å². The molecule has 8 nitrogen and oxygen atoms in total. The summed E-state index contributed by atoms with van der Waals surface area (Å²) < 4.78 is 16.9. The highest BCUT2D eigenvalue weighted by atomic mass is 35.5. The maximum atomic E-state index is 13.1. The summed E-state index contributed by atoms with van der Waals surface area (Å²) >= 11 is 0. The van der Waals surface area contributed by atoms with Crippen molar-refractivity contribution in [1.82, 2.24) is 10.2 Å². The fourth-order valence-corrected chi connectivity index (χ4v) is 4.18. The topological polar surface area (TPSA) is 80.3 Å². The van der Waals surface area contributed by atoms with Gasteiger partial charge in [-0.25, -0.2) is 0 Å². The van der Waals surface area contributed by atoms with Gasteiger partial charge >= 0.3 is 0 Å². The molecular formula is C23H34ClN3O5. The Labute approximate surface area is 196 Å². The number of halogens is 1. The number of hydrogen-bond acceptors (Lipinski definition) is 6. The Hall–Kier alpha value is -1.87. The average molecular weight is 468 g/mol. The summed E-state index contributed by atoms with van der Waals surface area (Å²) in [7, 11) is 1.66. The minimum Gasteiger partial charge on any atom is -0.476 e. The third-order valence-corrected chi connectivity index (χ3v) is 6.00. The summed E-state index contributed by atoms with van der Waals surface area (Å²) in [5.74, 6) is 0.670. The highest BCUT2D eigenvalue weighted by Crippen LogP contribution is 2.39. The number of benzene rings is 1. The molecule has 0 bridgehead atoms. The molecule has 2 aliphatic heterocycles. The van der Waals surface area contributed by atoms with Crippen LogP contribution in [0.15, 0.2) is 18.2 Å². The Bertz CT molecular complexity index is 824. The number of amides is 2. The van der Waals surface area contributed by atoms with Crippen LogP contribution in [0.1, 0.15) is 38.7 Å². The molecule has 1 saturated carbocycles. The van der Waals surface area contributed by atoms with Crippen molar-refractivity contribution in [2.45, 2.75) is 57.4 Å². The number of morpholine rings is 1. The van der Waals surface area contributed by atoms with Crippen molar-refractivity contribution in [2.75, 3.05) is 44.9 Å². The van der Waals surface area contributed by atoms with Gasteiger partial charge in [-0.2, -0.15) is 0 Å². The molecule has 1 atom stereocenters. The fourth-order valence-electron chi connectivity index (χ4n) is 4.18. The number of carbonyl (C=O) groups excluding carboxylic acids is 2. The highest BCUT2D eigenvalue weighted by molar-refractivity contribution is 6.02. The molecular weight excluding hydrogens is 434 g/mol. The maximum absolute atomic E-state index is 13.1. The predicted molar refractivity (Wildman–Crippen MR) is 123 cm³/mol. The quantitative estimate of drug-likeness (QED) is 0.590. The van der Waals surface area contributed by atoms with Gasteiger partial charge in [-0.15, -0.1) is 12.4 Å². The first-order valence-electron chi connectivity index (χ1n) is 11.2. The van der Waals surface area contributed by atoms with Crippen LogP contribution in [-0.2, 0) is 25.6 Å². The summed E-state index contributed by atoms with van der Waals surface area (Å²) in [5, 5.41) is 3.23. The molecule has 2 heterocycles. The zero-order valence-corrected chi connectivity index (χ0v) is 19.9. The molecule has 0 unspecified atom stereocenters. The van der Waals surface area contributed by atoms with E-state index in [0.717, 1.165) is 37.1 Å². The van der Waals surface area contributed by atoms with Crippen molar-refractivity contribution in [3.8, 4) is 5.75 Å². The lowest BCUT2D eigenvalue weighted by Crippen LogP contribution is -2.53. The van der Waals surface area contributed by atoms with E-state index in [4.69, 9.17) is 14.2 Å². The monoisotopic (exact) mass is 467 g/mol. The maximum Gasteiger partial charge on any atom is 0.270 e. The lowest BCUT2D eigenvalue weighted by molar-refractivity contribution is -0.146. The molecule has 4 rings (SSSR count). The number of nitrogens with one attached hydrogen (secondary N) is 1. The lowest BCUT2D eigenvalue weighted by Gasteiger charge is -2.39. The van der Waals surface area contributed by atoms with Gasteiger partial charge in [0.15, 0.2) is 5.60 Å². The second kappa shape index (κ2) is 10.4.